The maximum Gasteiger partial charge on any atom is 0.262 e. The Labute approximate surface area is 143 Å². The van der Waals surface area contributed by atoms with Gasteiger partial charge in [0.15, 0.2) is 0 Å². The molecule has 0 aliphatic rings. The van der Waals surface area contributed by atoms with Gasteiger partial charge in [-0.1, -0.05) is 0 Å². The zero-order valence-corrected chi connectivity index (χ0v) is 15.4. The number of ether oxygens (including phenoxy) is 2. The number of rotatable bonds is 6. The lowest BCUT2D eigenvalue weighted by Crippen LogP contribution is -2.15. The van der Waals surface area contributed by atoms with Crippen LogP contribution in [0.3, 0.4) is 0 Å². The molecule has 2 rings (SSSR count). The van der Waals surface area contributed by atoms with Crippen LogP contribution < -0.4 is 14.2 Å². The number of hydrogen-bond acceptors (Lipinski definition) is 4. The first-order valence-corrected chi connectivity index (χ1v) is 9.16. The van der Waals surface area contributed by atoms with Crippen molar-refractivity contribution in [1.29, 1.82) is 0 Å². The molecule has 0 radical (unpaired) electrons. The van der Waals surface area contributed by atoms with Gasteiger partial charge in [0, 0.05) is 5.69 Å². The lowest BCUT2D eigenvalue weighted by Gasteiger charge is -2.15. The third-order valence-electron chi connectivity index (χ3n) is 3.68. The molecule has 0 aliphatic heterocycles. The summed E-state index contributed by atoms with van der Waals surface area (Å²) in [4.78, 5) is 0.239. The minimum absolute atomic E-state index is 0.0671. The van der Waals surface area contributed by atoms with Crippen molar-refractivity contribution >= 4 is 15.7 Å². The van der Waals surface area contributed by atoms with Crippen LogP contribution in [0.15, 0.2) is 41.3 Å². The average molecular weight is 349 g/mol. The molecule has 0 saturated carbocycles. The van der Waals surface area contributed by atoms with E-state index in [1.165, 1.54) is 0 Å². The minimum Gasteiger partial charge on any atom is -0.496 e. The quantitative estimate of drug-likeness (QED) is 0.859. The molecule has 0 aromatic heterocycles. The molecule has 0 aliphatic carbocycles. The number of nitrogens with one attached hydrogen (secondary N) is 1. The summed E-state index contributed by atoms with van der Waals surface area (Å²) < 4.78 is 38.7. The van der Waals surface area contributed by atoms with Crippen LogP contribution in [0.4, 0.5) is 5.69 Å². The van der Waals surface area contributed by atoms with E-state index in [2.05, 4.69) is 4.72 Å². The van der Waals surface area contributed by atoms with Gasteiger partial charge in [0.2, 0.25) is 0 Å². The van der Waals surface area contributed by atoms with Crippen molar-refractivity contribution in [3.63, 3.8) is 0 Å². The predicted octanol–water partition coefficient (Wildman–Crippen LogP) is 3.90. The third kappa shape index (κ3) is 4.00. The molecule has 0 bridgehead atoms. The monoisotopic (exact) mass is 349 g/mol. The van der Waals surface area contributed by atoms with Gasteiger partial charge in [-0.05, 0) is 75.2 Å². The highest BCUT2D eigenvalue weighted by molar-refractivity contribution is 7.92. The molecule has 0 atom stereocenters. The molecular weight excluding hydrogens is 326 g/mol. The van der Waals surface area contributed by atoms with Crippen molar-refractivity contribution in [3.05, 3.63) is 47.5 Å². The molecule has 0 heterocycles. The zero-order chi connectivity index (χ0) is 17.9. The van der Waals surface area contributed by atoms with Gasteiger partial charge >= 0.3 is 0 Å². The average Bonchev–Trinajstić information content (AvgIpc) is 2.51. The van der Waals surface area contributed by atoms with E-state index in [-0.39, 0.29) is 11.0 Å². The highest BCUT2D eigenvalue weighted by Gasteiger charge is 2.19. The van der Waals surface area contributed by atoms with Crippen LogP contribution in [0, 0.1) is 13.8 Å². The molecule has 0 unspecified atom stereocenters. The smallest absolute Gasteiger partial charge is 0.262 e. The molecule has 130 valence electrons. The Morgan fingerprint density at radius 3 is 2.12 bits per heavy atom. The van der Waals surface area contributed by atoms with E-state index in [0.29, 0.717) is 22.7 Å². The summed E-state index contributed by atoms with van der Waals surface area (Å²) in [5.74, 6) is 1.37. The van der Waals surface area contributed by atoms with Gasteiger partial charge in [-0.25, -0.2) is 8.42 Å². The van der Waals surface area contributed by atoms with E-state index >= 15 is 0 Å². The molecule has 1 N–H and O–H groups in total. The molecule has 0 saturated heterocycles. The Balaban J connectivity index is 2.27. The SMILES string of the molecule is COc1ccc(S(=O)(=O)Nc2ccc(OC(C)C)cc2)c(C)c1C. The van der Waals surface area contributed by atoms with Crippen molar-refractivity contribution in [2.24, 2.45) is 0 Å². The van der Waals surface area contributed by atoms with Crippen molar-refractivity contribution in [2.45, 2.75) is 38.7 Å². The van der Waals surface area contributed by atoms with E-state index in [1.54, 1.807) is 50.4 Å². The van der Waals surface area contributed by atoms with Gasteiger partial charge in [-0.2, -0.15) is 0 Å². The largest absolute Gasteiger partial charge is 0.496 e. The predicted molar refractivity (Wildman–Crippen MR) is 95.5 cm³/mol. The van der Waals surface area contributed by atoms with E-state index in [0.717, 1.165) is 5.56 Å². The summed E-state index contributed by atoms with van der Waals surface area (Å²) in [5.41, 5.74) is 1.96. The second-order valence-corrected chi connectivity index (χ2v) is 7.46. The van der Waals surface area contributed by atoms with Crippen molar-refractivity contribution in [3.8, 4) is 11.5 Å². The van der Waals surface area contributed by atoms with Crippen LogP contribution >= 0.6 is 0 Å². The van der Waals surface area contributed by atoms with E-state index in [9.17, 15) is 8.42 Å². The first kappa shape index (κ1) is 18.1. The van der Waals surface area contributed by atoms with Crippen LogP contribution in [0.2, 0.25) is 0 Å². The molecule has 0 fully saturated rings. The van der Waals surface area contributed by atoms with Crippen molar-refractivity contribution < 1.29 is 17.9 Å². The number of benzene rings is 2. The summed E-state index contributed by atoms with van der Waals surface area (Å²) in [6.07, 6.45) is 0.0671. The van der Waals surface area contributed by atoms with Gasteiger partial charge in [-0.15, -0.1) is 0 Å². The highest BCUT2D eigenvalue weighted by Crippen LogP contribution is 2.28. The lowest BCUT2D eigenvalue weighted by molar-refractivity contribution is 0.242. The van der Waals surface area contributed by atoms with Crippen LogP contribution in [0.25, 0.3) is 0 Å². The van der Waals surface area contributed by atoms with Gasteiger partial charge in [0.25, 0.3) is 10.0 Å². The van der Waals surface area contributed by atoms with Gasteiger partial charge in [0.05, 0.1) is 18.1 Å². The van der Waals surface area contributed by atoms with Crippen LogP contribution in [-0.2, 0) is 10.0 Å². The molecule has 24 heavy (non-hydrogen) atoms. The Morgan fingerprint density at radius 2 is 1.58 bits per heavy atom. The third-order valence-corrected chi connectivity index (χ3v) is 5.20. The standard InChI is InChI=1S/C18H23NO4S/c1-12(2)23-16-8-6-15(7-9-16)19-24(20,21)18-11-10-17(22-5)13(3)14(18)4/h6-12,19H,1-5H3. The maximum absolute atomic E-state index is 12.7. The fraction of sp³-hybridized carbons (Fsp3) is 0.333. The fourth-order valence-corrected chi connectivity index (χ4v) is 3.73. The summed E-state index contributed by atoms with van der Waals surface area (Å²) in [5, 5.41) is 0. The number of sulfonamides is 1. The normalized spacial score (nSPS) is 11.4. The molecule has 6 heteroatoms. The minimum atomic E-state index is -3.67. The fourth-order valence-electron chi connectivity index (χ4n) is 2.37. The molecular formula is C18H23NO4S. The molecule has 2 aromatic rings. The van der Waals surface area contributed by atoms with Gasteiger partial charge in [-0.3, -0.25) is 4.72 Å². The Kier molecular flexibility index (Phi) is 5.39. The Morgan fingerprint density at radius 1 is 0.958 bits per heavy atom. The molecule has 2 aromatic carbocycles. The first-order chi connectivity index (χ1) is 11.2. The maximum atomic E-state index is 12.7. The molecule has 0 spiro atoms. The van der Waals surface area contributed by atoms with Crippen LogP contribution in [0.1, 0.15) is 25.0 Å². The second kappa shape index (κ2) is 7.13. The summed E-state index contributed by atoms with van der Waals surface area (Å²) in [7, 11) is -2.11. The first-order valence-electron chi connectivity index (χ1n) is 7.68. The van der Waals surface area contributed by atoms with E-state index < -0.39 is 10.0 Å². The summed E-state index contributed by atoms with van der Waals surface area (Å²) in [6.45, 7) is 7.48. The van der Waals surface area contributed by atoms with Crippen molar-refractivity contribution in [2.75, 3.05) is 11.8 Å². The zero-order valence-electron chi connectivity index (χ0n) is 14.6. The number of methoxy groups -OCH3 is 1. The van der Waals surface area contributed by atoms with E-state index in [4.69, 9.17) is 9.47 Å². The number of hydrogen-bond donors (Lipinski definition) is 1. The van der Waals surface area contributed by atoms with Crippen LogP contribution in [0.5, 0.6) is 11.5 Å². The Hall–Kier alpha value is -2.21. The van der Waals surface area contributed by atoms with E-state index in [1.807, 2.05) is 20.8 Å². The topological polar surface area (TPSA) is 64.6 Å². The second-order valence-electron chi connectivity index (χ2n) is 5.81. The van der Waals surface area contributed by atoms with Crippen molar-refractivity contribution in [1.82, 2.24) is 0 Å². The van der Waals surface area contributed by atoms with Crippen LogP contribution in [-0.4, -0.2) is 21.6 Å². The molecule has 0 amide bonds. The number of anilines is 1. The van der Waals surface area contributed by atoms with Gasteiger partial charge < -0.3 is 9.47 Å². The molecule has 5 nitrogen and oxygen atoms in total. The lowest BCUT2D eigenvalue weighted by atomic mass is 10.1. The highest BCUT2D eigenvalue weighted by atomic mass is 32.2. The summed E-state index contributed by atoms with van der Waals surface area (Å²) >= 11 is 0. The summed E-state index contributed by atoms with van der Waals surface area (Å²) in [6, 6.07) is 10.1. The Bertz CT molecular complexity index is 812. The van der Waals surface area contributed by atoms with Gasteiger partial charge in [0.1, 0.15) is 11.5 Å².